The fraction of sp³-hybridized carbons (Fsp3) is 0.250. The number of hydrogen-bond acceptors (Lipinski definition) is 5. The van der Waals surface area contributed by atoms with E-state index in [1.807, 2.05) is 30.5 Å². The van der Waals surface area contributed by atoms with Crippen molar-refractivity contribution < 1.29 is 14.7 Å². The van der Waals surface area contributed by atoms with E-state index in [1.54, 1.807) is 24.3 Å². The lowest BCUT2D eigenvalue weighted by atomic mass is 10.1. The molecule has 2 aromatic rings. The number of aliphatic hydroxyl groups is 1. The summed E-state index contributed by atoms with van der Waals surface area (Å²) in [4.78, 5) is 25.6. The molecule has 1 fully saturated rings. The number of aliphatic hydroxyl groups excluding tert-OH is 1. The lowest BCUT2D eigenvalue weighted by Crippen LogP contribution is -2.47. The summed E-state index contributed by atoms with van der Waals surface area (Å²) in [7, 11) is 0. The lowest BCUT2D eigenvalue weighted by Gasteiger charge is -2.24. The summed E-state index contributed by atoms with van der Waals surface area (Å²) >= 11 is 3.01. The largest absolute Gasteiger partial charge is 0.378 e. The Balaban J connectivity index is 1.77. The number of carbonyl (C=O) groups is 2. The van der Waals surface area contributed by atoms with Crippen LogP contribution in [0.2, 0.25) is 0 Å². The molecule has 0 radical (unpaired) electrons. The summed E-state index contributed by atoms with van der Waals surface area (Å²) in [5.41, 5.74) is 3.07. The van der Waals surface area contributed by atoms with Gasteiger partial charge in [-0.2, -0.15) is 0 Å². The van der Waals surface area contributed by atoms with Crippen molar-refractivity contribution in [2.45, 2.75) is 23.7 Å². The second-order valence-electron chi connectivity index (χ2n) is 5.14. The molecule has 1 aliphatic heterocycles. The van der Waals surface area contributed by atoms with Crippen LogP contribution in [0.25, 0.3) is 0 Å². The second-order valence-corrected chi connectivity index (χ2v) is 7.55. The number of hydrazine groups is 1. The van der Waals surface area contributed by atoms with E-state index in [1.165, 1.54) is 28.1 Å². The number of rotatable bonds is 4. The summed E-state index contributed by atoms with van der Waals surface area (Å²) in [6, 6.07) is 12.5. The zero-order chi connectivity index (χ0) is 16.4. The highest BCUT2D eigenvalue weighted by molar-refractivity contribution is 8.01. The molecule has 3 atom stereocenters. The van der Waals surface area contributed by atoms with Crippen molar-refractivity contribution >= 4 is 34.9 Å². The van der Waals surface area contributed by atoms with E-state index in [-0.39, 0.29) is 16.5 Å². The maximum absolute atomic E-state index is 12.3. The average Bonchev–Trinajstić information content (AvgIpc) is 3.19. The summed E-state index contributed by atoms with van der Waals surface area (Å²) in [6.07, 6.45) is -1.31. The average molecular weight is 348 g/mol. The molecule has 1 aromatic carbocycles. The van der Waals surface area contributed by atoms with Crippen molar-refractivity contribution in [3.05, 3.63) is 58.3 Å². The normalized spacial score (nSPS) is 22.2. The number of nitrogens with one attached hydrogen (secondary N) is 1. The molecule has 1 aliphatic rings. The third-order valence-electron chi connectivity index (χ3n) is 3.53. The minimum absolute atomic E-state index is 0.165. The first kappa shape index (κ1) is 16.0. The van der Waals surface area contributed by atoms with Crippen LogP contribution in [0.15, 0.2) is 47.8 Å². The molecule has 7 heteroatoms. The van der Waals surface area contributed by atoms with Crippen LogP contribution in [0.4, 0.5) is 0 Å². The van der Waals surface area contributed by atoms with Crippen molar-refractivity contribution in [3.63, 3.8) is 0 Å². The third-order valence-corrected chi connectivity index (χ3v) is 5.94. The number of carbonyl (C=O) groups excluding carboxylic acids is 2. The second kappa shape index (κ2) is 6.74. The van der Waals surface area contributed by atoms with E-state index in [9.17, 15) is 14.7 Å². The minimum Gasteiger partial charge on any atom is -0.378 e. The van der Waals surface area contributed by atoms with Crippen molar-refractivity contribution in [2.24, 2.45) is 0 Å². The Morgan fingerprint density at radius 1 is 1.26 bits per heavy atom. The molecule has 120 valence electrons. The number of nitrogens with zero attached hydrogens (tertiary/aromatic N) is 1. The fourth-order valence-corrected chi connectivity index (χ4v) is 4.46. The van der Waals surface area contributed by atoms with Crippen LogP contribution >= 0.6 is 23.1 Å². The molecule has 2 heterocycles. The Hall–Kier alpha value is -1.83. The molecule has 0 aliphatic carbocycles. The van der Waals surface area contributed by atoms with Gasteiger partial charge in [-0.15, -0.1) is 23.1 Å². The highest BCUT2D eigenvalue weighted by Crippen LogP contribution is 2.43. The van der Waals surface area contributed by atoms with Crippen molar-refractivity contribution in [3.8, 4) is 0 Å². The topological polar surface area (TPSA) is 69.6 Å². The van der Waals surface area contributed by atoms with Gasteiger partial charge in [0.1, 0.15) is 5.37 Å². The standard InChI is InChI=1S/C16H16N2O3S2/c1-10-15(21)18(16(23-10)12-8-5-9-22-12)17-14(20)13(19)11-6-3-2-4-7-11/h2-10,13,16,19H,1H3,(H,17,20). The highest BCUT2D eigenvalue weighted by atomic mass is 32.2. The Labute approximate surface area is 142 Å². The molecule has 5 nitrogen and oxygen atoms in total. The highest BCUT2D eigenvalue weighted by Gasteiger charge is 2.41. The molecular weight excluding hydrogens is 332 g/mol. The van der Waals surface area contributed by atoms with Gasteiger partial charge in [0.2, 0.25) is 0 Å². The Morgan fingerprint density at radius 2 is 2.00 bits per heavy atom. The van der Waals surface area contributed by atoms with E-state index in [0.717, 1.165) is 4.88 Å². The zero-order valence-corrected chi connectivity index (χ0v) is 14.0. The van der Waals surface area contributed by atoms with Gasteiger partial charge in [0.15, 0.2) is 6.10 Å². The smallest absolute Gasteiger partial charge is 0.272 e. The van der Waals surface area contributed by atoms with E-state index in [0.29, 0.717) is 5.56 Å². The zero-order valence-electron chi connectivity index (χ0n) is 12.4. The van der Waals surface area contributed by atoms with Gasteiger partial charge in [0.25, 0.3) is 11.8 Å². The van der Waals surface area contributed by atoms with Gasteiger partial charge in [-0.1, -0.05) is 36.4 Å². The Kier molecular flexibility index (Phi) is 4.70. The Morgan fingerprint density at radius 3 is 2.65 bits per heavy atom. The molecule has 0 spiro atoms. The van der Waals surface area contributed by atoms with Gasteiger partial charge in [-0.25, -0.2) is 5.01 Å². The van der Waals surface area contributed by atoms with Crippen molar-refractivity contribution in [2.75, 3.05) is 0 Å². The molecule has 3 rings (SSSR count). The number of hydrogen-bond donors (Lipinski definition) is 2. The predicted molar refractivity (Wildman–Crippen MR) is 90.5 cm³/mol. The van der Waals surface area contributed by atoms with Crippen LogP contribution in [0.3, 0.4) is 0 Å². The molecule has 3 unspecified atom stereocenters. The maximum Gasteiger partial charge on any atom is 0.272 e. The first-order valence-electron chi connectivity index (χ1n) is 7.13. The summed E-state index contributed by atoms with van der Waals surface area (Å²) < 4.78 is 0. The summed E-state index contributed by atoms with van der Waals surface area (Å²) in [6.45, 7) is 1.81. The van der Waals surface area contributed by atoms with E-state index >= 15 is 0 Å². The Bertz CT molecular complexity index is 691. The summed E-state index contributed by atoms with van der Waals surface area (Å²) in [5, 5.41) is 12.9. The summed E-state index contributed by atoms with van der Waals surface area (Å²) in [5.74, 6) is -0.775. The van der Waals surface area contributed by atoms with Crippen LogP contribution in [0, 0.1) is 0 Å². The molecule has 1 saturated heterocycles. The molecule has 0 saturated carbocycles. The van der Waals surface area contributed by atoms with E-state index < -0.39 is 12.0 Å². The van der Waals surface area contributed by atoms with Crippen LogP contribution < -0.4 is 5.43 Å². The molecule has 1 aromatic heterocycles. The first-order valence-corrected chi connectivity index (χ1v) is 8.95. The van der Waals surface area contributed by atoms with Gasteiger partial charge >= 0.3 is 0 Å². The van der Waals surface area contributed by atoms with Crippen LogP contribution in [0.5, 0.6) is 0 Å². The van der Waals surface area contributed by atoms with Crippen molar-refractivity contribution in [1.29, 1.82) is 0 Å². The van der Waals surface area contributed by atoms with E-state index in [4.69, 9.17) is 0 Å². The van der Waals surface area contributed by atoms with Gasteiger partial charge in [-0.05, 0) is 23.9 Å². The number of thioether (sulfide) groups is 1. The van der Waals surface area contributed by atoms with Crippen LogP contribution in [0.1, 0.15) is 28.8 Å². The lowest BCUT2D eigenvalue weighted by molar-refractivity contribution is -0.144. The molecular formula is C16H16N2O3S2. The maximum atomic E-state index is 12.3. The van der Waals surface area contributed by atoms with Gasteiger partial charge < -0.3 is 5.11 Å². The van der Waals surface area contributed by atoms with Crippen LogP contribution in [-0.4, -0.2) is 27.2 Å². The third kappa shape index (κ3) is 3.26. The van der Waals surface area contributed by atoms with Crippen molar-refractivity contribution in [1.82, 2.24) is 10.4 Å². The fourth-order valence-electron chi connectivity index (χ4n) is 2.33. The number of amides is 2. The molecule has 0 bridgehead atoms. The minimum atomic E-state index is -1.31. The van der Waals surface area contributed by atoms with Crippen LogP contribution in [-0.2, 0) is 9.59 Å². The van der Waals surface area contributed by atoms with E-state index in [2.05, 4.69) is 5.43 Å². The number of thiophene rings is 1. The molecule has 2 amide bonds. The molecule has 2 N–H and O–H groups in total. The number of benzene rings is 1. The first-order chi connectivity index (χ1) is 11.1. The monoisotopic (exact) mass is 348 g/mol. The predicted octanol–water partition coefficient (Wildman–Crippen LogP) is 2.48. The van der Waals surface area contributed by atoms with Gasteiger partial charge in [0, 0.05) is 4.88 Å². The quantitative estimate of drug-likeness (QED) is 0.891. The van der Waals surface area contributed by atoms with Gasteiger partial charge in [0.05, 0.1) is 5.25 Å². The molecule has 23 heavy (non-hydrogen) atoms. The SMILES string of the molecule is CC1SC(c2cccs2)N(NC(=O)C(O)c2ccccc2)C1=O. The van der Waals surface area contributed by atoms with Gasteiger partial charge in [-0.3, -0.25) is 15.0 Å².